The lowest BCUT2D eigenvalue weighted by atomic mass is 9.95. The molecule has 1 aliphatic heterocycles. The second-order valence-electron chi connectivity index (χ2n) is 7.42. The van der Waals surface area contributed by atoms with E-state index < -0.39 is 41.9 Å². The number of nitrogens with zero attached hydrogens (tertiary/aromatic N) is 3. The predicted octanol–water partition coefficient (Wildman–Crippen LogP) is 1.03. The Labute approximate surface area is 187 Å². The minimum atomic E-state index is -1.51. The molecule has 1 fully saturated rings. The summed E-state index contributed by atoms with van der Waals surface area (Å²) < 4.78 is 23.9. The summed E-state index contributed by atoms with van der Waals surface area (Å²) in [6.07, 6.45) is 0.255. The van der Waals surface area contributed by atoms with Gasteiger partial charge in [0, 0.05) is 27.0 Å². The molecule has 0 saturated carbocycles. The van der Waals surface area contributed by atoms with E-state index in [9.17, 15) is 14.4 Å². The van der Waals surface area contributed by atoms with Crippen LogP contribution in [0.3, 0.4) is 0 Å². The van der Waals surface area contributed by atoms with Gasteiger partial charge in [0.15, 0.2) is 28.7 Å². The van der Waals surface area contributed by atoms with E-state index in [1.54, 1.807) is 17.7 Å². The average Bonchev–Trinajstić information content (AvgIpc) is 3.14. The first-order valence-electron chi connectivity index (χ1n) is 9.61. The molecule has 0 spiro atoms. The molecule has 1 aliphatic rings. The van der Waals surface area contributed by atoms with Crippen molar-refractivity contribution in [3.8, 4) is 0 Å². The van der Waals surface area contributed by atoms with E-state index in [-0.39, 0.29) is 18.1 Å². The summed E-state index contributed by atoms with van der Waals surface area (Å²) in [6, 6.07) is 0. The fraction of sp³-hybridized carbons (Fsp3) is 0.526. The Hall–Kier alpha value is -3.06. The normalized spacial score (nSPS) is 25.0. The molecule has 12 nitrogen and oxygen atoms in total. The SMILES string of the molecule is CSc1nc(N)c2c(N)cn(C3O[C@H](COC(C)=O)[C@@H](OC(C)=O)[C@]3(C)OC(C)=O)c2n1. The predicted molar refractivity (Wildman–Crippen MR) is 114 cm³/mol. The van der Waals surface area contributed by atoms with Crippen molar-refractivity contribution >= 4 is 52.2 Å². The molecule has 1 saturated heterocycles. The summed E-state index contributed by atoms with van der Waals surface area (Å²) in [7, 11) is 0. The highest BCUT2D eigenvalue weighted by Gasteiger charge is 2.60. The van der Waals surface area contributed by atoms with E-state index in [0.717, 1.165) is 0 Å². The first kappa shape index (κ1) is 23.6. The minimum absolute atomic E-state index is 0.177. The molecule has 2 aromatic heterocycles. The zero-order valence-electron chi connectivity index (χ0n) is 18.3. The fourth-order valence-electron chi connectivity index (χ4n) is 3.79. The highest BCUT2D eigenvalue weighted by Crippen LogP contribution is 2.45. The Bertz CT molecular complexity index is 1070. The number of hydrogen-bond acceptors (Lipinski definition) is 12. The van der Waals surface area contributed by atoms with Gasteiger partial charge in [-0.1, -0.05) is 11.8 Å². The van der Waals surface area contributed by atoms with Crippen molar-refractivity contribution in [1.82, 2.24) is 14.5 Å². The highest BCUT2D eigenvalue weighted by molar-refractivity contribution is 7.98. The molecule has 174 valence electrons. The van der Waals surface area contributed by atoms with Crippen molar-refractivity contribution in [2.75, 3.05) is 24.3 Å². The van der Waals surface area contributed by atoms with Gasteiger partial charge < -0.3 is 30.4 Å². The third-order valence-corrected chi connectivity index (χ3v) is 5.50. The molecular weight excluding hydrogens is 442 g/mol. The van der Waals surface area contributed by atoms with Crippen LogP contribution in [0.5, 0.6) is 0 Å². The van der Waals surface area contributed by atoms with E-state index >= 15 is 0 Å². The molecule has 0 bridgehead atoms. The monoisotopic (exact) mass is 467 g/mol. The molecule has 0 amide bonds. The Balaban J connectivity index is 2.18. The Morgan fingerprint density at radius 1 is 1.19 bits per heavy atom. The van der Waals surface area contributed by atoms with Gasteiger partial charge in [-0.05, 0) is 13.2 Å². The van der Waals surface area contributed by atoms with E-state index in [2.05, 4.69) is 9.97 Å². The van der Waals surface area contributed by atoms with Crippen LogP contribution in [0.25, 0.3) is 11.0 Å². The average molecular weight is 468 g/mol. The standard InChI is InChI=1S/C19H25N5O7S/c1-8(25)28-7-12-14(29-9(2)26)19(4,31-10(3)27)17(30-12)24-6-11(20)13-15(21)22-18(32-5)23-16(13)24/h6,12,14,17H,7,20H2,1-5H3,(H2,21,22,23)/t12-,14-,17?,19+/m1/s1. The number of thioether (sulfide) groups is 1. The summed E-state index contributed by atoms with van der Waals surface area (Å²) in [5.74, 6) is -1.63. The van der Waals surface area contributed by atoms with Gasteiger partial charge in [-0.25, -0.2) is 9.97 Å². The van der Waals surface area contributed by atoms with E-state index in [0.29, 0.717) is 16.2 Å². The molecule has 4 N–H and O–H groups in total. The largest absolute Gasteiger partial charge is 0.463 e. The van der Waals surface area contributed by atoms with Crippen LogP contribution in [-0.4, -0.2) is 63.1 Å². The second-order valence-corrected chi connectivity index (χ2v) is 8.20. The number of nitrogen functional groups attached to an aromatic ring is 2. The molecule has 0 aliphatic carbocycles. The first-order chi connectivity index (χ1) is 15.0. The second kappa shape index (κ2) is 8.82. The van der Waals surface area contributed by atoms with Gasteiger partial charge in [0.2, 0.25) is 0 Å². The van der Waals surface area contributed by atoms with Crippen LogP contribution in [0.2, 0.25) is 0 Å². The first-order valence-corrected chi connectivity index (χ1v) is 10.8. The summed E-state index contributed by atoms with van der Waals surface area (Å²) >= 11 is 1.28. The van der Waals surface area contributed by atoms with Gasteiger partial charge in [0.05, 0.1) is 11.1 Å². The number of ether oxygens (including phenoxy) is 4. The van der Waals surface area contributed by atoms with Gasteiger partial charge in [-0.3, -0.25) is 19.0 Å². The van der Waals surface area contributed by atoms with Crippen LogP contribution < -0.4 is 11.5 Å². The number of esters is 3. The quantitative estimate of drug-likeness (QED) is 0.268. The number of aromatic nitrogens is 3. The topological polar surface area (TPSA) is 171 Å². The molecule has 3 rings (SSSR count). The fourth-order valence-corrected chi connectivity index (χ4v) is 4.16. The number of anilines is 2. The molecule has 0 aromatic carbocycles. The van der Waals surface area contributed by atoms with Crippen molar-refractivity contribution < 1.29 is 33.3 Å². The van der Waals surface area contributed by atoms with Crippen LogP contribution in [0, 0.1) is 0 Å². The lowest BCUT2D eigenvalue weighted by Crippen LogP contribution is -2.50. The number of carbonyl (C=O) groups excluding carboxylic acids is 3. The third kappa shape index (κ3) is 4.30. The van der Waals surface area contributed by atoms with Gasteiger partial charge in [-0.15, -0.1) is 0 Å². The molecule has 0 radical (unpaired) electrons. The zero-order chi connectivity index (χ0) is 23.8. The minimum Gasteiger partial charge on any atom is -0.463 e. The lowest BCUT2D eigenvalue weighted by Gasteiger charge is -2.34. The maximum atomic E-state index is 12.0. The number of rotatable bonds is 6. The van der Waals surface area contributed by atoms with Crippen LogP contribution in [0.1, 0.15) is 33.9 Å². The molecular formula is C19H25N5O7S. The number of hydrogen-bond donors (Lipinski definition) is 2. The van der Waals surface area contributed by atoms with E-state index in [1.807, 2.05) is 0 Å². The smallest absolute Gasteiger partial charge is 0.303 e. The molecule has 2 aromatic rings. The van der Waals surface area contributed by atoms with Crippen molar-refractivity contribution in [3.63, 3.8) is 0 Å². The Morgan fingerprint density at radius 3 is 2.44 bits per heavy atom. The maximum Gasteiger partial charge on any atom is 0.303 e. The van der Waals surface area contributed by atoms with Gasteiger partial charge >= 0.3 is 17.9 Å². The van der Waals surface area contributed by atoms with E-state index in [1.165, 1.54) is 38.7 Å². The third-order valence-electron chi connectivity index (χ3n) is 4.95. The van der Waals surface area contributed by atoms with Crippen LogP contribution in [0.15, 0.2) is 11.4 Å². The number of nitrogens with two attached hydrogens (primary N) is 2. The summed E-state index contributed by atoms with van der Waals surface area (Å²) in [6.45, 7) is 5.00. The van der Waals surface area contributed by atoms with Crippen molar-refractivity contribution in [3.05, 3.63) is 6.20 Å². The van der Waals surface area contributed by atoms with Gasteiger partial charge in [-0.2, -0.15) is 0 Å². The van der Waals surface area contributed by atoms with Crippen molar-refractivity contribution in [2.45, 2.75) is 56.9 Å². The van der Waals surface area contributed by atoms with Crippen LogP contribution in [0.4, 0.5) is 11.5 Å². The van der Waals surface area contributed by atoms with Crippen molar-refractivity contribution in [1.29, 1.82) is 0 Å². The summed E-state index contributed by atoms with van der Waals surface area (Å²) in [4.78, 5) is 44.0. The number of fused-ring (bicyclic) bond motifs is 1. The number of carbonyl (C=O) groups is 3. The van der Waals surface area contributed by atoms with Crippen LogP contribution in [-0.2, 0) is 33.3 Å². The maximum absolute atomic E-state index is 12.0. The van der Waals surface area contributed by atoms with Gasteiger partial charge in [0.1, 0.15) is 18.5 Å². The zero-order valence-corrected chi connectivity index (χ0v) is 19.1. The summed E-state index contributed by atoms with van der Waals surface area (Å²) in [5, 5.41) is 0.804. The molecule has 4 atom stereocenters. The van der Waals surface area contributed by atoms with Crippen LogP contribution >= 0.6 is 11.8 Å². The molecule has 13 heteroatoms. The Morgan fingerprint density at radius 2 is 1.88 bits per heavy atom. The Kier molecular flexibility index (Phi) is 6.51. The molecule has 1 unspecified atom stereocenters. The van der Waals surface area contributed by atoms with Crippen molar-refractivity contribution in [2.24, 2.45) is 0 Å². The molecule has 3 heterocycles. The summed E-state index contributed by atoms with van der Waals surface area (Å²) in [5.41, 5.74) is 11.4. The lowest BCUT2D eigenvalue weighted by molar-refractivity contribution is -0.184. The van der Waals surface area contributed by atoms with E-state index in [4.69, 9.17) is 30.4 Å². The molecule has 32 heavy (non-hydrogen) atoms. The highest BCUT2D eigenvalue weighted by atomic mass is 32.2. The van der Waals surface area contributed by atoms with Gasteiger partial charge in [0.25, 0.3) is 0 Å².